The van der Waals surface area contributed by atoms with Crippen LogP contribution >= 0.6 is 0 Å². The number of hydrogen-bond acceptors (Lipinski definition) is 5. The van der Waals surface area contributed by atoms with E-state index >= 15 is 0 Å². The van der Waals surface area contributed by atoms with E-state index in [1.54, 1.807) is 0 Å². The third-order valence-electron chi connectivity index (χ3n) is 2.74. The fourth-order valence-electron chi connectivity index (χ4n) is 1.63. The van der Waals surface area contributed by atoms with Crippen LogP contribution in [0.5, 0.6) is 0 Å². The zero-order chi connectivity index (χ0) is 13.4. The van der Waals surface area contributed by atoms with Gasteiger partial charge in [-0.15, -0.1) is 0 Å². The largest absolute Gasteiger partial charge is 0.543 e. The number of carboxylic acid groups (broad SMARTS) is 1. The van der Waals surface area contributed by atoms with Crippen LogP contribution in [0.15, 0.2) is 11.3 Å². The molecule has 1 aliphatic rings. The molecule has 8 heteroatoms. The average Bonchev–Trinajstić information content (AvgIpc) is 2.19. The van der Waals surface area contributed by atoms with Crippen LogP contribution < -0.4 is 10.4 Å². The van der Waals surface area contributed by atoms with Crippen molar-refractivity contribution in [1.82, 2.24) is 5.32 Å². The summed E-state index contributed by atoms with van der Waals surface area (Å²) in [6.07, 6.45) is -7.06. The van der Waals surface area contributed by atoms with Crippen molar-refractivity contribution in [2.45, 2.75) is 31.3 Å². The van der Waals surface area contributed by atoms with E-state index in [1.807, 2.05) is 0 Å². The van der Waals surface area contributed by atoms with Crippen LogP contribution in [0.4, 0.5) is 13.2 Å². The highest BCUT2D eigenvalue weighted by Gasteiger charge is 2.58. The molecule has 2 N–H and O–H groups in total. The number of aliphatic hydroxyl groups is 1. The monoisotopic (exact) mass is 254 g/mol. The highest BCUT2D eigenvalue weighted by Crippen LogP contribution is 2.42. The van der Waals surface area contributed by atoms with Crippen molar-refractivity contribution < 1.29 is 32.9 Å². The lowest BCUT2D eigenvalue weighted by atomic mass is 9.85. The van der Waals surface area contributed by atoms with Crippen LogP contribution in [0.3, 0.4) is 0 Å². The first kappa shape index (κ1) is 13.8. The second-order valence-electron chi connectivity index (χ2n) is 3.72. The molecule has 0 fully saturated rings. The zero-order valence-corrected chi connectivity index (χ0v) is 9.09. The molecule has 2 unspecified atom stereocenters. The SMILES string of the molecule is COC1CC(O)(C(F)(F)F)C(C)=C(C(=O)[O-])N1. The van der Waals surface area contributed by atoms with Crippen molar-refractivity contribution in [2.24, 2.45) is 0 Å². The predicted molar refractivity (Wildman–Crippen MR) is 47.3 cm³/mol. The first-order chi connectivity index (χ1) is 7.63. The molecular formula is C9H11F3NO4-. The molecule has 1 rings (SSSR count). The molecular weight excluding hydrogens is 243 g/mol. The maximum Gasteiger partial charge on any atom is 0.421 e. The number of carboxylic acids is 1. The van der Waals surface area contributed by atoms with Gasteiger partial charge < -0.3 is 25.1 Å². The Kier molecular flexibility index (Phi) is 3.40. The van der Waals surface area contributed by atoms with Gasteiger partial charge in [-0.05, 0) is 12.5 Å². The van der Waals surface area contributed by atoms with Crippen LogP contribution in [0, 0.1) is 0 Å². The van der Waals surface area contributed by atoms with Gasteiger partial charge in [0.25, 0.3) is 0 Å². The number of alkyl halides is 3. The van der Waals surface area contributed by atoms with Gasteiger partial charge in [-0.1, -0.05) is 0 Å². The summed E-state index contributed by atoms with van der Waals surface area (Å²) in [5, 5.41) is 22.5. The normalized spacial score (nSPS) is 30.1. The summed E-state index contributed by atoms with van der Waals surface area (Å²) < 4.78 is 42.8. The van der Waals surface area contributed by atoms with Gasteiger partial charge in [-0.3, -0.25) is 0 Å². The molecule has 0 amide bonds. The minimum absolute atomic E-state index is 0.738. The summed E-state index contributed by atoms with van der Waals surface area (Å²) >= 11 is 0. The van der Waals surface area contributed by atoms with Crippen molar-refractivity contribution in [3.8, 4) is 0 Å². The van der Waals surface area contributed by atoms with Crippen molar-refractivity contribution in [3.63, 3.8) is 0 Å². The Morgan fingerprint density at radius 3 is 2.53 bits per heavy atom. The lowest BCUT2D eigenvalue weighted by Gasteiger charge is -2.40. The molecule has 1 heterocycles. The van der Waals surface area contributed by atoms with E-state index in [9.17, 15) is 28.2 Å². The third kappa shape index (κ3) is 2.22. The molecule has 0 bridgehead atoms. The van der Waals surface area contributed by atoms with Gasteiger partial charge in [0.15, 0.2) is 5.60 Å². The van der Waals surface area contributed by atoms with E-state index < -0.39 is 41.7 Å². The molecule has 0 radical (unpaired) electrons. The first-order valence-corrected chi connectivity index (χ1v) is 4.64. The third-order valence-corrected chi connectivity index (χ3v) is 2.74. The van der Waals surface area contributed by atoms with Gasteiger partial charge in [-0.2, -0.15) is 13.2 Å². The second-order valence-corrected chi connectivity index (χ2v) is 3.72. The quantitative estimate of drug-likeness (QED) is 0.679. The van der Waals surface area contributed by atoms with Gasteiger partial charge in [-0.25, -0.2) is 0 Å². The maximum atomic E-state index is 12.7. The van der Waals surface area contributed by atoms with E-state index in [0.717, 1.165) is 14.0 Å². The van der Waals surface area contributed by atoms with Gasteiger partial charge in [0.1, 0.15) is 6.23 Å². The predicted octanol–water partition coefficient (Wildman–Crippen LogP) is -0.731. The standard InChI is InChI=1S/C9H12F3NO4/c1-4-6(7(14)15)13-5(17-2)3-8(4,16)9(10,11)12/h5,13,16H,3H2,1-2H3,(H,14,15)/p-1. The van der Waals surface area contributed by atoms with Crippen LogP contribution in [0.1, 0.15) is 13.3 Å². The Balaban J connectivity index is 3.30. The van der Waals surface area contributed by atoms with Gasteiger partial charge >= 0.3 is 6.18 Å². The van der Waals surface area contributed by atoms with Gasteiger partial charge in [0.2, 0.25) is 0 Å². The summed E-state index contributed by atoms with van der Waals surface area (Å²) in [5.41, 5.74) is -4.77. The lowest BCUT2D eigenvalue weighted by molar-refractivity contribution is -0.302. The molecule has 0 aromatic rings. The van der Waals surface area contributed by atoms with Crippen molar-refractivity contribution in [2.75, 3.05) is 7.11 Å². The van der Waals surface area contributed by atoms with E-state index in [2.05, 4.69) is 10.1 Å². The molecule has 2 atom stereocenters. The zero-order valence-electron chi connectivity index (χ0n) is 9.09. The van der Waals surface area contributed by atoms with Gasteiger partial charge in [0.05, 0.1) is 11.7 Å². The number of rotatable bonds is 2. The fraction of sp³-hybridized carbons (Fsp3) is 0.667. The molecule has 1 aliphatic heterocycles. The molecule has 0 aromatic carbocycles. The number of methoxy groups -OCH3 is 1. The fourth-order valence-corrected chi connectivity index (χ4v) is 1.63. The van der Waals surface area contributed by atoms with Gasteiger partial charge in [0, 0.05) is 13.5 Å². The molecule has 0 saturated carbocycles. The molecule has 0 spiro atoms. The molecule has 98 valence electrons. The molecule has 0 aromatic heterocycles. The summed E-state index contributed by atoms with van der Waals surface area (Å²) in [6.45, 7) is 0.886. The molecule has 5 nitrogen and oxygen atoms in total. The van der Waals surface area contributed by atoms with Crippen LogP contribution in [-0.2, 0) is 9.53 Å². The minimum atomic E-state index is -4.99. The van der Waals surface area contributed by atoms with E-state index in [0.29, 0.717) is 0 Å². The summed E-state index contributed by atoms with van der Waals surface area (Å²) in [6, 6.07) is 0. The summed E-state index contributed by atoms with van der Waals surface area (Å²) in [5.74, 6) is -1.83. The van der Waals surface area contributed by atoms with Crippen molar-refractivity contribution in [1.29, 1.82) is 0 Å². The van der Waals surface area contributed by atoms with Crippen molar-refractivity contribution in [3.05, 3.63) is 11.3 Å². The highest BCUT2D eigenvalue weighted by atomic mass is 19.4. The molecule has 0 saturated heterocycles. The Morgan fingerprint density at radius 1 is 1.65 bits per heavy atom. The number of halogens is 3. The average molecular weight is 254 g/mol. The van der Waals surface area contributed by atoms with E-state index in [-0.39, 0.29) is 0 Å². The van der Waals surface area contributed by atoms with Crippen LogP contribution in [0.25, 0.3) is 0 Å². The Morgan fingerprint density at radius 2 is 2.18 bits per heavy atom. The Bertz CT molecular complexity index is 366. The van der Waals surface area contributed by atoms with E-state index in [1.165, 1.54) is 0 Å². The molecule has 0 aliphatic carbocycles. The number of carbonyl (C=O) groups excluding carboxylic acids is 1. The number of aliphatic carboxylic acids is 1. The van der Waals surface area contributed by atoms with Crippen LogP contribution in [0.2, 0.25) is 0 Å². The van der Waals surface area contributed by atoms with E-state index in [4.69, 9.17) is 0 Å². The Hall–Kier alpha value is -1.28. The minimum Gasteiger partial charge on any atom is -0.543 e. The van der Waals surface area contributed by atoms with Crippen LogP contribution in [-0.4, -0.2) is 36.2 Å². The number of nitrogens with one attached hydrogen (secondary N) is 1. The topological polar surface area (TPSA) is 81.6 Å². The second kappa shape index (κ2) is 4.19. The van der Waals surface area contributed by atoms with Crippen molar-refractivity contribution >= 4 is 5.97 Å². The molecule has 17 heavy (non-hydrogen) atoms. The lowest BCUT2D eigenvalue weighted by Crippen LogP contribution is -2.57. The number of hydrogen-bond donors (Lipinski definition) is 2. The maximum absolute atomic E-state index is 12.7. The Labute approximate surface area is 94.9 Å². The first-order valence-electron chi connectivity index (χ1n) is 4.64. The number of ether oxygens (including phenoxy) is 1. The smallest absolute Gasteiger partial charge is 0.421 e. The summed E-state index contributed by atoms with van der Waals surface area (Å²) in [4.78, 5) is 10.7. The summed E-state index contributed by atoms with van der Waals surface area (Å²) in [7, 11) is 1.10. The number of carbonyl (C=O) groups is 1. The highest BCUT2D eigenvalue weighted by molar-refractivity contribution is 5.85.